The second-order valence-corrected chi connectivity index (χ2v) is 5.21. The molecule has 4 nitrogen and oxygen atoms in total. The predicted molar refractivity (Wildman–Crippen MR) is 79.1 cm³/mol. The van der Waals surface area contributed by atoms with Gasteiger partial charge < -0.3 is 20.2 Å². The molecule has 0 aliphatic heterocycles. The van der Waals surface area contributed by atoms with E-state index in [0.29, 0.717) is 6.04 Å². The van der Waals surface area contributed by atoms with Crippen LogP contribution in [0.15, 0.2) is 0 Å². The summed E-state index contributed by atoms with van der Waals surface area (Å²) in [5.74, 6) is 0. The van der Waals surface area contributed by atoms with Crippen molar-refractivity contribution >= 4 is 0 Å². The maximum atomic E-state index is 9.11. The van der Waals surface area contributed by atoms with Gasteiger partial charge in [0.2, 0.25) is 0 Å². The van der Waals surface area contributed by atoms with Gasteiger partial charge in [-0.25, -0.2) is 0 Å². The van der Waals surface area contributed by atoms with Crippen molar-refractivity contribution in [1.29, 1.82) is 0 Å². The van der Waals surface area contributed by atoms with Crippen molar-refractivity contribution in [3.05, 3.63) is 0 Å². The molecule has 0 saturated heterocycles. The minimum absolute atomic E-state index is 0.274. The average Bonchev–Trinajstić information content (AvgIpc) is 2.34. The van der Waals surface area contributed by atoms with Crippen LogP contribution in [0.2, 0.25) is 0 Å². The fourth-order valence-corrected chi connectivity index (χ4v) is 2.06. The van der Waals surface area contributed by atoms with E-state index in [9.17, 15) is 0 Å². The lowest BCUT2D eigenvalue weighted by molar-refractivity contribution is 0.207. The molecule has 0 heterocycles. The van der Waals surface area contributed by atoms with E-state index in [-0.39, 0.29) is 6.61 Å². The summed E-state index contributed by atoms with van der Waals surface area (Å²) < 4.78 is 0. The summed E-state index contributed by atoms with van der Waals surface area (Å²) in [5, 5.41) is 12.6. The first-order valence-electron chi connectivity index (χ1n) is 7.35. The Bertz CT molecular complexity index is 176. The van der Waals surface area contributed by atoms with Crippen LogP contribution in [0.5, 0.6) is 0 Å². The Morgan fingerprint density at radius 1 is 1.17 bits per heavy atom. The van der Waals surface area contributed by atoms with Gasteiger partial charge in [0, 0.05) is 19.2 Å². The normalized spacial score (nSPS) is 13.5. The molecule has 18 heavy (non-hydrogen) atoms. The molecule has 4 heteroatoms. The van der Waals surface area contributed by atoms with Crippen LogP contribution in [0.4, 0.5) is 0 Å². The number of aliphatic hydroxyl groups is 1. The molecule has 1 atom stereocenters. The van der Waals surface area contributed by atoms with Gasteiger partial charge in [-0.05, 0) is 59.5 Å². The minimum atomic E-state index is 0.274. The lowest BCUT2D eigenvalue weighted by atomic mass is 10.2. The SMILES string of the molecule is CCCNC(CCO)CN(CC)CCCN(C)C. The van der Waals surface area contributed by atoms with E-state index in [0.717, 1.165) is 45.6 Å². The molecule has 0 spiro atoms. The van der Waals surface area contributed by atoms with Gasteiger partial charge in [-0.1, -0.05) is 13.8 Å². The second-order valence-electron chi connectivity index (χ2n) is 5.21. The number of aliphatic hydroxyl groups excluding tert-OH is 1. The zero-order valence-electron chi connectivity index (χ0n) is 12.8. The smallest absolute Gasteiger partial charge is 0.0446 e. The van der Waals surface area contributed by atoms with E-state index in [1.807, 2.05) is 0 Å². The number of nitrogens with one attached hydrogen (secondary N) is 1. The fourth-order valence-electron chi connectivity index (χ4n) is 2.06. The third kappa shape index (κ3) is 9.83. The van der Waals surface area contributed by atoms with Crippen LogP contribution in [0, 0.1) is 0 Å². The summed E-state index contributed by atoms with van der Waals surface area (Å²) in [6, 6.07) is 0.425. The lowest BCUT2D eigenvalue weighted by Gasteiger charge is -2.27. The monoisotopic (exact) mass is 259 g/mol. The average molecular weight is 259 g/mol. The second kappa shape index (κ2) is 11.9. The van der Waals surface area contributed by atoms with Crippen LogP contribution in [-0.2, 0) is 0 Å². The summed E-state index contributed by atoms with van der Waals surface area (Å²) in [4.78, 5) is 4.71. The highest BCUT2D eigenvalue weighted by atomic mass is 16.3. The number of hydrogen-bond acceptors (Lipinski definition) is 4. The third-order valence-electron chi connectivity index (χ3n) is 3.17. The van der Waals surface area contributed by atoms with Gasteiger partial charge in [-0.15, -0.1) is 0 Å². The Kier molecular flexibility index (Phi) is 11.8. The van der Waals surface area contributed by atoms with Crippen molar-refractivity contribution in [1.82, 2.24) is 15.1 Å². The largest absolute Gasteiger partial charge is 0.396 e. The standard InChI is InChI=1S/C14H33N3O/c1-5-9-15-14(8-12-18)13-17(6-2)11-7-10-16(3)4/h14-15,18H,5-13H2,1-4H3. The molecular weight excluding hydrogens is 226 g/mol. The first kappa shape index (κ1) is 17.8. The molecule has 110 valence electrons. The van der Waals surface area contributed by atoms with Crippen molar-refractivity contribution < 1.29 is 5.11 Å². The van der Waals surface area contributed by atoms with Crippen molar-refractivity contribution in [2.24, 2.45) is 0 Å². The van der Waals surface area contributed by atoms with Gasteiger partial charge in [0.05, 0.1) is 0 Å². The van der Waals surface area contributed by atoms with E-state index in [1.165, 1.54) is 6.42 Å². The van der Waals surface area contributed by atoms with Crippen molar-refractivity contribution in [3.63, 3.8) is 0 Å². The molecule has 0 amide bonds. The molecule has 0 rings (SSSR count). The number of rotatable bonds is 12. The zero-order chi connectivity index (χ0) is 13.8. The Morgan fingerprint density at radius 2 is 1.89 bits per heavy atom. The highest BCUT2D eigenvalue weighted by Gasteiger charge is 2.11. The summed E-state index contributed by atoms with van der Waals surface area (Å²) in [6.07, 6.45) is 3.21. The molecule has 0 aliphatic carbocycles. The van der Waals surface area contributed by atoms with E-state index >= 15 is 0 Å². The molecule has 0 bridgehead atoms. The Morgan fingerprint density at radius 3 is 2.39 bits per heavy atom. The lowest BCUT2D eigenvalue weighted by Crippen LogP contribution is -2.42. The summed E-state index contributed by atoms with van der Waals surface area (Å²) >= 11 is 0. The molecule has 1 unspecified atom stereocenters. The highest BCUT2D eigenvalue weighted by molar-refractivity contribution is 4.71. The Balaban J connectivity index is 3.94. The van der Waals surface area contributed by atoms with Gasteiger partial charge in [0.1, 0.15) is 0 Å². The van der Waals surface area contributed by atoms with Crippen molar-refractivity contribution in [2.45, 2.75) is 39.2 Å². The van der Waals surface area contributed by atoms with Crippen LogP contribution in [0.3, 0.4) is 0 Å². The first-order valence-corrected chi connectivity index (χ1v) is 7.35. The molecular formula is C14H33N3O. The van der Waals surface area contributed by atoms with E-state index in [4.69, 9.17) is 5.11 Å². The summed E-state index contributed by atoms with van der Waals surface area (Å²) in [7, 11) is 4.24. The van der Waals surface area contributed by atoms with Crippen molar-refractivity contribution in [2.75, 3.05) is 53.4 Å². The highest BCUT2D eigenvalue weighted by Crippen LogP contribution is 1.99. The van der Waals surface area contributed by atoms with E-state index in [1.54, 1.807) is 0 Å². The predicted octanol–water partition coefficient (Wildman–Crippen LogP) is 1.01. The molecule has 0 saturated carbocycles. The molecule has 0 aromatic rings. The topological polar surface area (TPSA) is 38.7 Å². The Hall–Kier alpha value is -0.160. The number of hydrogen-bond donors (Lipinski definition) is 2. The van der Waals surface area contributed by atoms with Gasteiger partial charge in [0.15, 0.2) is 0 Å². The number of likely N-dealkylation sites (N-methyl/N-ethyl adjacent to an activating group) is 1. The quantitative estimate of drug-likeness (QED) is 0.549. The molecule has 0 fully saturated rings. The fraction of sp³-hybridized carbons (Fsp3) is 1.00. The zero-order valence-corrected chi connectivity index (χ0v) is 12.8. The molecule has 0 radical (unpaired) electrons. The Labute approximate surface area is 113 Å². The van der Waals surface area contributed by atoms with Gasteiger partial charge in [0.25, 0.3) is 0 Å². The molecule has 0 aromatic heterocycles. The summed E-state index contributed by atoms with van der Waals surface area (Å²) in [5.41, 5.74) is 0. The molecule has 0 aromatic carbocycles. The van der Waals surface area contributed by atoms with Crippen molar-refractivity contribution in [3.8, 4) is 0 Å². The maximum absolute atomic E-state index is 9.11. The number of nitrogens with zero attached hydrogens (tertiary/aromatic N) is 2. The molecule has 2 N–H and O–H groups in total. The van der Waals surface area contributed by atoms with E-state index < -0.39 is 0 Å². The van der Waals surface area contributed by atoms with Crippen LogP contribution in [0.1, 0.15) is 33.1 Å². The van der Waals surface area contributed by atoms with E-state index in [2.05, 4.69) is 43.1 Å². The van der Waals surface area contributed by atoms with Gasteiger partial charge in [-0.3, -0.25) is 0 Å². The van der Waals surface area contributed by atoms with Gasteiger partial charge >= 0.3 is 0 Å². The third-order valence-corrected chi connectivity index (χ3v) is 3.17. The maximum Gasteiger partial charge on any atom is 0.0446 e. The van der Waals surface area contributed by atoms with Gasteiger partial charge in [-0.2, -0.15) is 0 Å². The van der Waals surface area contributed by atoms with Crippen LogP contribution in [-0.4, -0.2) is 74.4 Å². The minimum Gasteiger partial charge on any atom is -0.396 e. The van der Waals surface area contributed by atoms with Crippen LogP contribution < -0.4 is 5.32 Å². The van der Waals surface area contributed by atoms with Crippen LogP contribution >= 0.6 is 0 Å². The first-order chi connectivity index (χ1) is 8.63. The molecule has 0 aliphatic rings. The summed E-state index contributed by atoms with van der Waals surface area (Å²) in [6.45, 7) is 10.1. The van der Waals surface area contributed by atoms with Crippen LogP contribution in [0.25, 0.3) is 0 Å².